The SMILES string of the molecule is C[C@@H](OC(=O)c1cccc([N+](=O)[O-])c1)C(=O)Nc1ccc(F)cc1Cl. The monoisotopic (exact) mass is 366 g/mol. The van der Waals surface area contributed by atoms with Gasteiger partial charge in [0.25, 0.3) is 11.6 Å². The number of nitro groups is 1. The van der Waals surface area contributed by atoms with E-state index in [1.54, 1.807) is 0 Å². The maximum atomic E-state index is 13.0. The average molecular weight is 367 g/mol. The first-order valence-electron chi connectivity index (χ1n) is 6.99. The van der Waals surface area contributed by atoms with Crippen LogP contribution in [-0.4, -0.2) is 22.9 Å². The number of anilines is 1. The van der Waals surface area contributed by atoms with Gasteiger partial charge in [0.2, 0.25) is 0 Å². The number of amides is 1. The third kappa shape index (κ3) is 4.74. The summed E-state index contributed by atoms with van der Waals surface area (Å²) in [5.74, 6) is -2.14. The molecule has 25 heavy (non-hydrogen) atoms. The van der Waals surface area contributed by atoms with E-state index in [1.807, 2.05) is 0 Å². The summed E-state index contributed by atoms with van der Waals surface area (Å²) >= 11 is 5.80. The molecule has 0 fully saturated rings. The van der Waals surface area contributed by atoms with Gasteiger partial charge in [-0.15, -0.1) is 0 Å². The van der Waals surface area contributed by atoms with Crippen LogP contribution in [0.5, 0.6) is 0 Å². The molecule has 0 aliphatic rings. The Labute approximate surface area is 146 Å². The summed E-state index contributed by atoms with van der Waals surface area (Å²) in [5.41, 5.74) is -0.176. The van der Waals surface area contributed by atoms with Crippen LogP contribution in [0.4, 0.5) is 15.8 Å². The van der Waals surface area contributed by atoms with Crippen molar-refractivity contribution in [2.75, 3.05) is 5.32 Å². The van der Waals surface area contributed by atoms with Crippen LogP contribution in [-0.2, 0) is 9.53 Å². The number of non-ortho nitro benzene ring substituents is 1. The number of nitrogens with zero attached hydrogens (tertiary/aromatic N) is 1. The number of ether oxygens (including phenoxy) is 1. The molecule has 130 valence electrons. The Morgan fingerprint density at radius 3 is 2.64 bits per heavy atom. The Morgan fingerprint density at radius 1 is 1.28 bits per heavy atom. The third-order valence-corrected chi connectivity index (χ3v) is 3.45. The van der Waals surface area contributed by atoms with Crippen LogP contribution in [0.1, 0.15) is 17.3 Å². The van der Waals surface area contributed by atoms with Gasteiger partial charge in [-0.25, -0.2) is 9.18 Å². The van der Waals surface area contributed by atoms with Crippen molar-refractivity contribution in [1.29, 1.82) is 0 Å². The van der Waals surface area contributed by atoms with Crippen LogP contribution in [0, 0.1) is 15.9 Å². The topological polar surface area (TPSA) is 98.5 Å². The van der Waals surface area contributed by atoms with E-state index in [0.717, 1.165) is 18.2 Å². The van der Waals surface area contributed by atoms with Crippen molar-refractivity contribution in [3.05, 3.63) is 69.0 Å². The molecule has 0 aliphatic carbocycles. The summed E-state index contributed by atoms with van der Waals surface area (Å²) in [5, 5.41) is 13.1. The van der Waals surface area contributed by atoms with Gasteiger partial charge < -0.3 is 10.1 Å². The second kappa shape index (κ2) is 7.71. The second-order valence-electron chi connectivity index (χ2n) is 4.97. The quantitative estimate of drug-likeness (QED) is 0.495. The van der Waals surface area contributed by atoms with Gasteiger partial charge in [0.1, 0.15) is 5.82 Å². The van der Waals surface area contributed by atoms with E-state index < -0.39 is 28.7 Å². The first-order valence-corrected chi connectivity index (χ1v) is 7.37. The van der Waals surface area contributed by atoms with Gasteiger partial charge in [-0.2, -0.15) is 0 Å². The van der Waals surface area contributed by atoms with Crippen LogP contribution in [0.25, 0.3) is 0 Å². The first kappa shape index (κ1) is 18.3. The minimum Gasteiger partial charge on any atom is -0.449 e. The van der Waals surface area contributed by atoms with Crippen molar-refractivity contribution in [2.45, 2.75) is 13.0 Å². The predicted octanol–water partition coefficient (Wildman–Crippen LogP) is 3.57. The fourth-order valence-electron chi connectivity index (χ4n) is 1.85. The number of benzene rings is 2. The smallest absolute Gasteiger partial charge is 0.339 e. The summed E-state index contributed by atoms with van der Waals surface area (Å²) in [7, 11) is 0. The lowest BCUT2D eigenvalue weighted by Crippen LogP contribution is -2.30. The van der Waals surface area contributed by atoms with E-state index in [-0.39, 0.29) is 22.0 Å². The molecule has 0 aliphatic heterocycles. The molecule has 0 heterocycles. The number of carbonyl (C=O) groups excluding carboxylic acids is 2. The Bertz CT molecular complexity index is 843. The zero-order valence-electron chi connectivity index (χ0n) is 12.9. The maximum absolute atomic E-state index is 13.0. The Kier molecular flexibility index (Phi) is 5.66. The lowest BCUT2D eigenvalue weighted by atomic mass is 10.2. The highest BCUT2D eigenvalue weighted by molar-refractivity contribution is 6.33. The van der Waals surface area contributed by atoms with Crippen molar-refractivity contribution < 1.29 is 23.6 Å². The van der Waals surface area contributed by atoms with E-state index in [0.29, 0.717) is 0 Å². The number of hydrogen-bond donors (Lipinski definition) is 1. The molecule has 9 heteroatoms. The third-order valence-electron chi connectivity index (χ3n) is 3.13. The molecule has 1 N–H and O–H groups in total. The summed E-state index contributed by atoms with van der Waals surface area (Å²) in [6.07, 6.45) is -1.20. The minimum absolute atomic E-state index is 0.00874. The van der Waals surface area contributed by atoms with Crippen molar-refractivity contribution in [1.82, 2.24) is 0 Å². The van der Waals surface area contributed by atoms with E-state index in [1.165, 1.54) is 31.2 Å². The molecule has 0 aromatic heterocycles. The number of esters is 1. The van der Waals surface area contributed by atoms with Gasteiger partial charge in [0.15, 0.2) is 6.10 Å². The largest absolute Gasteiger partial charge is 0.449 e. The number of nitro benzene ring substituents is 1. The molecule has 0 radical (unpaired) electrons. The zero-order chi connectivity index (χ0) is 18.6. The number of rotatable bonds is 5. The molecule has 0 saturated carbocycles. The lowest BCUT2D eigenvalue weighted by Gasteiger charge is -2.14. The molecular formula is C16H12ClFN2O5. The van der Waals surface area contributed by atoms with Crippen LogP contribution < -0.4 is 5.32 Å². The summed E-state index contributed by atoms with van der Waals surface area (Å²) in [6.45, 7) is 1.32. The molecule has 0 saturated heterocycles. The minimum atomic E-state index is -1.20. The molecule has 2 aromatic rings. The average Bonchev–Trinajstić information content (AvgIpc) is 2.57. The molecule has 1 atom stereocenters. The normalized spacial score (nSPS) is 11.5. The van der Waals surface area contributed by atoms with Gasteiger partial charge in [0, 0.05) is 12.1 Å². The fourth-order valence-corrected chi connectivity index (χ4v) is 2.07. The lowest BCUT2D eigenvalue weighted by molar-refractivity contribution is -0.384. The maximum Gasteiger partial charge on any atom is 0.339 e. The molecule has 0 bridgehead atoms. The standard InChI is InChI=1S/C16H12ClFN2O5/c1-9(15(21)19-14-6-5-11(18)8-13(14)17)25-16(22)10-3-2-4-12(7-10)20(23)24/h2-9H,1H3,(H,19,21)/t9-/m1/s1. The van der Waals surface area contributed by atoms with Gasteiger partial charge in [0.05, 0.1) is 21.2 Å². The zero-order valence-corrected chi connectivity index (χ0v) is 13.6. The number of hydrogen-bond acceptors (Lipinski definition) is 5. The molecule has 7 nitrogen and oxygen atoms in total. The number of halogens is 2. The fraction of sp³-hybridized carbons (Fsp3) is 0.125. The molecule has 0 spiro atoms. The Hall–Kier alpha value is -3.00. The van der Waals surface area contributed by atoms with Crippen LogP contribution in [0.3, 0.4) is 0 Å². The number of nitrogens with one attached hydrogen (secondary N) is 1. The van der Waals surface area contributed by atoms with Crippen LogP contribution in [0.15, 0.2) is 42.5 Å². The highest BCUT2D eigenvalue weighted by atomic mass is 35.5. The first-order chi connectivity index (χ1) is 11.8. The molecule has 2 rings (SSSR count). The van der Waals surface area contributed by atoms with E-state index in [4.69, 9.17) is 16.3 Å². The predicted molar refractivity (Wildman–Crippen MR) is 88.0 cm³/mol. The summed E-state index contributed by atoms with van der Waals surface area (Å²) in [6, 6.07) is 8.34. The van der Waals surface area contributed by atoms with Gasteiger partial charge in [-0.1, -0.05) is 17.7 Å². The van der Waals surface area contributed by atoms with E-state index in [9.17, 15) is 24.1 Å². The molecular weight excluding hydrogens is 355 g/mol. The van der Waals surface area contributed by atoms with Gasteiger partial charge >= 0.3 is 5.97 Å². The Balaban J connectivity index is 2.04. The molecule has 1 amide bonds. The van der Waals surface area contributed by atoms with Crippen LogP contribution >= 0.6 is 11.6 Å². The highest BCUT2D eigenvalue weighted by Gasteiger charge is 2.21. The van der Waals surface area contributed by atoms with Gasteiger partial charge in [-0.3, -0.25) is 14.9 Å². The highest BCUT2D eigenvalue weighted by Crippen LogP contribution is 2.23. The van der Waals surface area contributed by atoms with Crippen molar-refractivity contribution in [3.8, 4) is 0 Å². The van der Waals surface area contributed by atoms with Crippen LogP contribution in [0.2, 0.25) is 5.02 Å². The molecule has 0 unspecified atom stereocenters. The van der Waals surface area contributed by atoms with Crippen molar-refractivity contribution >= 4 is 34.9 Å². The van der Waals surface area contributed by atoms with E-state index >= 15 is 0 Å². The summed E-state index contributed by atoms with van der Waals surface area (Å²) in [4.78, 5) is 34.1. The molecule has 2 aromatic carbocycles. The van der Waals surface area contributed by atoms with Crippen molar-refractivity contribution in [2.24, 2.45) is 0 Å². The van der Waals surface area contributed by atoms with E-state index in [2.05, 4.69) is 5.32 Å². The second-order valence-corrected chi connectivity index (χ2v) is 5.38. The van der Waals surface area contributed by atoms with Gasteiger partial charge in [-0.05, 0) is 31.2 Å². The van der Waals surface area contributed by atoms with Crippen molar-refractivity contribution in [3.63, 3.8) is 0 Å². The Morgan fingerprint density at radius 2 is 2.00 bits per heavy atom. The summed E-state index contributed by atoms with van der Waals surface area (Å²) < 4.78 is 18.0. The number of carbonyl (C=O) groups is 2.